The molecule has 8 nitrogen and oxygen atoms in total. The number of rotatable bonds is 7. The molecule has 0 unspecified atom stereocenters. The number of benzene rings is 2. The number of fused-ring (bicyclic) bond motifs is 1. The molecule has 0 atom stereocenters. The molecule has 2 heterocycles. The molecule has 0 spiro atoms. The molecule has 4 rings (SSSR count). The van der Waals surface area contributed by atoms with Gasteiger partial charge in [0, 0.05) is 42.1 Å². The summed E-state index contributed by atoms with van der Waals surface area (Å²) in [7, 11) is -2.31. The molecular weight excluding hydrogens is 473 g/mol. The average molecular weight is 496 g/mol. The fourth-order valence-electron chi connectivity index (χ4n) is 3.35. The summed E-state index contributed by atoms with van der Waals surface area (Å²) in [5, 5.41) is 3.15. The standard InChI is InChI=1S/C22H21N3O5S2.Na.H/c1-13-9-17-14(2)18(11-15-5-4-6-16(10-15)25-32(27,28)23-3)21(26)29-20(17)12-19(13)30-22-24-7-8-31-22;;/h4-10,12,23,25H,11H2,1-3H3;;/q;+1;-1. The van der Waals surface area contributed by atoms with E-state index in [0.717, 1.165) is 22.1 Å². The van der Waals surface area contributed by atoms with Gasteiger partial charge in [-0.15, -0.1) is 0 Å². The zero-order valence-electron chi connectivity index (χ0n) is 19.6. The maximum atomic E-state index is 12.8. The van der Waals surface area contributed by atoms with Gasteiger partial charge in [-0.1, -0.05) is 23.5 Å². The van der Waals surface area contributed by atoms with Crippen LogP contribution >= 0.6 is 11.3 Å². The smallest absolute Gasteiger partial charge is 1.00 e. The van der Waals surface area contributed by atoms with Crippen molar-refractivity contribution >= 4 is 38.2 Å². The Bertz CT molecular complexity index is 1460. The predicted octanol–water partition coefficient (Wildman–Crippen LogP) is 1.24. The van der Waals surface area contributed by atoms with Crippen LogP contribution in [0.5, 0.6) is 10.9 Å². The molecule has 168 valence electrons. The van der Waals surface area contributed by atoms with Crippen molar-refractivity contribution in [2.45, 2.75) is 20.3 Å². The quantitative estimate of drug-likeness (QED) is 0.295. The van der Waals surface area contributed by atoms with E-state index in [1.807, 2.05) is 31.4 Å². The van der Waals surface area contributed by atoms with Crippen molar-refractivity contribution in [1.82, 2.24) is 9.71 Å². The van der Waals surface area contributed by atoms with E-state index >= 15 is 0 Å². The summed E-state index contributed by atoms with van der Waals surface area (Å²) >= 11 is 1.38. The first-order valence-electron chi connectivity index (χ1n) is 9.70. The predicted molar refractivity (Wildman–Crippen MR) is 126 cm³/mol. The van der Waals surface area contributed by atoms with E-state index in [1.54, 1.807) is 30.5 Å². The van der Waals surface area contributed by atoms with Gasteiger partial charge in [-0.25, -0.2) is 14.5 Å². The summed E-state index contributed by atoms with van der Waals surface area (Å²) in [6, 6.07) is 10.5. The second-order valence-corrected chi connectivity index (χ2v) is 9.67. The maximum absolute atomic E-state index is 12.8. The third-order valence-electron chi connectivity index (χ3n) is 5.02. The van der Waals surface area contributed by atoms with Crippen LogP contribution in [0.15, 0.2) is 57.2 Å². The van der Waals surface area contributed by atoms with Gasteiger partial charge in [0.2, 0.25) is 0 Å². The minimum absolute atomic E-state index is 0. The Balaban J connectivity index is 0.00000204. The second kappa shape index (κ2) is 10.4. The minimum Gasteiger partial charge on any atom is -1.00 e. The molecule has 4 aromatic rings. The van der Waals surface area contributed by atoms with Crippen molar-refractivity contribution in [3.63, 3.8) is 0 Å². The van der Waals surface area contributed by atoms with Crippen LogP contribution in [0.2, 0.25) is 0 Å². The Labute approximate surface area is 219 Å². The number of hydrogen-bond acceptors (Lipinski definition) is 7. The fourth-order valence-corrected chi connectivity index (χ4v) is 4.39. The monoisotopic (exact) mass is 495 g/mol. The Morgan fingerprint density at radius 1 is 1.21 bits per heavy atom. The van der Waals surface area contributed by atoms with E-state index in [1.165, 1.54) is 18.4 Å². The molecule has 0 amide bonds. The van der Waals surface area contributed by atoms with Crippen LogP contribution in [-0.2, 0) is 16.6 Å². The van der Waals surface area contributed by atoms with Gasteiger partial charge in [0.05, 0.1) is 5.69 Å². The number of nitrogens with zero attached hydrogens (tertiary/aromatic N) is 1. The van der Waals surface area contributed by atoms with Crippen LogP contribution in [0.1, 0.15) is 23.7 Å². The molecule has 0 aliphatic carbocycles. The molecule has 11 heteroatoms. The third kappa shape index (κ3) is 5.84. The SMILES string of the molecule is CNS(=O)(=O)Nc1cccc(Cc2c(C)c3cc(C)c(Oc4nccs4)cc3oc2=O)c1.[H-].[Na+]. The van der Waals surface area contributed by atoms with Crippen LogP contribution in [0.4, 0.5) is 5.69 Å². The van der Waals surface area contributed by atoms with E-state index in [0.29, 0.717) is 34.2 Å². The van der Waals surface area contributed by atoms with E-state index < -0.39 is 15.8 Å². The van der Waals surface area contributed by atoms with E-state index in [4.69, 9.17) is 9.15 Å². The molecule has 33 heavy (non-hydrogen) atoms. The number of aryl methyl sites for hydroxylation is 2. The van der Waals surface area contributed by atoms with Crippen LogP contribution < -0.4 is 49.4 Å². The summed E-state index contributed by atoms with van der Waals surface area (Å²) < 4.78 is 39.6. The molecule has 0 aliphatic rings. The zero-order valence-corrected chi connectivity index (χ0v) is 22.3. The van der Waals surface area contributed by atoms with Gasteiger partial charge in [-0.3, -0.25) is 4.72 Å². The van der Waals surface area contributed by atoms with Crippen molar-refractivity contribution in [3.05, 3.63) is 80.6 Å². The minimum atomic E-state index is -3.63. The molecule has 2 N–H and O–H groups in total. The molecule has 2 aromatic heterocycles. The van der Waals surface area contributed by atoms with Crippen molar-refractivity contribution in [2.75, 3.05) is 11.8 Å². The fraction of sp³-hybridized carbons (Fsp3) is 0.182. The van der Waals surface area contributed by atoms with Crippen molar-refractivity contribution in [3.8, 4) is 10.9 Å². The van der Waals surface area contributed by atoms with Crippen molar-refractivity contribution in [1.29, 1.82) is 0 Å². The topological polar surface area (TPSA) is 111 Å². The zero-order chi connectivity index (χ0) is 22.9. The molecule has 0 bridgehead atoms. The number of anilines is 1. The van der Waals surface area contributed by atoms with Crippen LogP contribution in [-0.4, -0.2) is 20.4 Å². The normalized spacial score (nSPS) is 11.2. The number of ether oxygens (including phenoxy) is 1. The van der Waals surface area contributed by atoms with Gasteiger partial charge in [0.1, 0.15) is 11.3 Å². The van der Waals surface area contributed by atoms with Crippen molar-refractivity contribution < 1.29 is 48.6 Å². The van der Waals surface area contributed by atoms with E-state index in [9.17, 15) is 13.2 Å². The summed E-state index contributed by atoms with van der Waals surface area (Å²) in [5.41, 5.74) is 3.37. The first-order chi connectivity index (χ1) is 15.3. The summed E-state index contributed by atoms with van der Waals surface area (Å²) in [6.45, 7) is 3.80. The third-order valence-corrected chi connectivity index (χ3v) is 6.71. The molecule has 0 aliphatic heterocycles. The number of aromatic nitrogens is 1. The average Bonchev–Trinajstić information content (AvgIpc) is 3.26. The Hall–Kier alpha value is -2.21. The largest absolute Gasteiger partial charge is 1.00 e. The van der Waals surface area contributed by atoms with Crippen LogP contribution in [0, 0.1) is 13.8 Å². The Kier molecular flexibility index (Phi) is 7.99. The molecule has 2 aromatic carbocycles. The molecule has 0 radical (unpaired) electrons. The summed E-state index contributed by atoms with van der Waals surface area (Å²) in [5.74, 6) is 0.576. The number of hydrogen-bond donors (Lipinski definition) is 2. The van der Waals surface area contributed by atoms with Gasteiger partial charge in [-0.05, 0) is 48.7 Å². The molecular formula is C22H22N3NaO5S2. The van der Waals surface area contributed by atoms with Crippen LogP contribution in [0.25, 0.3) is 11.0 Å². The van der Waals surface area contributed by atoms with E-state index in [2.05, 4.69) is 14.4 Å². The van der Waals surface area contributed by atoms with E-state index in [-0.39, 0.29) is 31.0 Å². The summed E-state index contributed by atoms with van der Waals surface area (Å²) in [6.07, 6.45) is 1.96. The van der Waals surface area contributed by atoms with Gasteiger partial charge < -0.3 is 10.6 Å². The van der Waals surface area contributed by atoms with Gasteiger partial charge in [-0.2, -0.15) is 8.42 Å². The van der Waals surface area contributed by atoms with Crippen molar-refractivity contribution in [2.24, 2.45) is 0 Å². The first kappa shape index (κ1) is 25.4. The second-order valence-electron chi connectivity index (χ2n) is 7.19. The van der Waals surface area contributed by atoms with Gasteiger partial charge >= 0.3 is 35.2 Å². The van der Waals surface area contributed by atoms with Gasteiger partial charge in [0.25, 0.3) is 15.4 Å². The van der Waals surface area contributed by atoms with Gasteiger partial charge in [0.15, 0.2) is 0 Å². The molecule has 0 saturated carbocycles. The van der Waals surface area contributed by atoms with Crippen LogP contribution in [0.3, 0.4) is 0 Å². The number of thiazole rings is 1. The maximum Gasteiger partial charge on any atom is 1.00 e. The number of nitrogens with one attached hydrogen (secondary N) is 2. The Morgan fingerprint density at radius 3 is 2.70 bits per heavy atom. The molecule has 0 fully saturated rings. The first-order valence-corrected chi connectivity index (χ1v) is 12.1. The summed E-state index contributed by atoms with van der Waals surface area (Å²) in [4.78, 5) is 16.9. The molecule has 0 saturated heterocycles. The Morgan fingerprint density at radius 2 is 2.00 bits per heavy atom.